The lowest BCUT2D eigenvalue weighted by Crippen LogP contribution is -2.49. The van der Waals surface area contributed by atoms with Crippen LogP contribution in [0, 0.1) is 30.5 Å². The molecule has 5 heterocycles. The van der Waals surface area contributed by atoms with Gasteiger partial charge in [-0.2, -0.15) is 0 Å². The molecule has 0 spiro atoms. The standard InChI is InChI=1S/C44H59FN8O4/c1-28(2)19-33-25-53(26-39(33)54)42(55)49-37-21-34(45)20-35(29(37)3)40-36-22-38(48-41(36)47-27-46-40)32-9-7-30(8-10-32)23-50-15-17-51(18-16-50)24-31-11-13-52(14-12-31)43(56)57-44(4,5)6/h7-10,20-22,27-28,31,33,39,54H,11-19,23-26H2,1-6H3,(H,49,55)(H,46,47,48)/t33-,39-/m1/s1. The molecule has 0 aliphatic carbocycles. The summed E-state index contributed by atoms with van der Waals surface area (Å²) >= 11 is 0. The second-order valence-electron chi connectivity index (χ2n) is 17.8. The zero-order valence-electron chi connectivity index (χ0n) is 34.4. The molecule has 3 fully saturated rings. The van der Waals surface area contributed by atoms with Gasteiger partial charge in [0.2, 0.25) is 0 Å². The number of aromatic amines is 1. The quantitative estimate of drug-likeness (QED) is 0.161. The number of aliphatic hydroxyl groups is 1. The Morgan fingerprint density at radius 2 is 1.67 bits per heavy atom. The first kappa shape index (κ1) is 40.6. The summed E-state index contributed by atoms with van der Waals surface area (Å²) < 4.78 is 20.7. The summed E-state index contributed by atoms with van der Waals surface area (Å²) in [7, 11) is 0. The first-order valence-electron chi connectivity index (χ1n) is 20.6. The Morgan fingerprint density at radius 1 is 0.965 bits per heavy atom. The maximum Gasteiger partial charge on any atom is 0.410 e. The lowest BCUT2D eigenvalue weighted by atomic mass is 9.95. The minimum atomic E-state index is -0.571. The molecule has 12 nitrogen and oxygen atoms in total. The Morgan fingerprint density at radius 3 is 2.35 bits per heavy atom. The van der Waals surface area contributed by atoms with Gasteiger partial charge in [0, 0.05) is 93.7 Å². The van der Waals surface area contributed by atoms with Gasteiger partial charge in [-0.1, -0.05) is 38.1 Å². The van der Waals surface area contributed by atoms with Gasteiger partial charge in [0.1, 0.15) is 23.4 Å². The molecule has 0 unspecified atom stereocenters. The normalized spacial score (nSPS) is 20.2. The first-order valence-corrected chi connectivity index (χ1v) is 20.6. The number of carbonyl (C=O) groups excluding carboxylic acids is 2. The average molecular weight is 783 g/mol. The number of ether oxygens (including phenoxy) is 1. The predicted octanol–water partition coefficient (Wildman–Crippen LogP) is 7.37. The van der Waals surface area contributed by atoms with Crippen LogP contribution in [-0.2, 0) is 11.3 Å². The number of aliphatic hydroxyl groups excluding tert-OH is 1. The Kier molecular flexibility index (Phi) is 12.2. The van der Waals surface area contributed by atoms with Crippen LogP contribution in [0.2, 0.25) is 0 Å². The molecule has 2 atom stereocenters. The van der Waals surface area contributed by atoms with E-state index in [4.69, 9.17) is 4.74 Å². The number of hydrogen-bond donors (Lipinski definition) is 3. The number of rotatable bonds is 9. The van der Waals surface area contributed by atoms with E-state index in [1.807, 2.05) is 38.7 Å². The molecule has 3 aliphatic rings. The molecule has 3 N–H and O–H groups in total. The van der Waals surface area contributed by atoms with E-state index >= 15 is 4.39 Å². The minimum absolute atomic E-state index is 0.0236. The van der Waals surface area contributed by atoms with Gasteiger partial charge in [-0.25, -0.2) is 23.9 Å². The van der Waals surface area contributed by atoms with Crippen molar-refractivity contribution in [1.82, 2.24) is 34.6 Å². The Bertz CT molecular complexity index is 2030. The third-order valence-electron chi connectivity index (χ3n) is 11.7. The average Bonchev–Trinajstić information content (AvgIpc) is 3.77. The number of nitrogens with zero attached hydrogens (tertiary/aromatic N) is 6. The number of hydrogen-bond acceptors (Lipinski definition) is 8. The molecule has 306 valence electrons. The predicted molar refractivity (Wildman–Crippen MR) is 221 cm³/mol. The number of β-amino-alcohol motifs (C(OH)–C–C–N with tert-alkyl or cyclic N) is 1. The van der Waals surface area contributed by atoms with Crippen molar-refractivity contribution in [1.29, 1.82) is 0 Å². The minimum Gasteiger partial charge on any atom is -0.444 e. The van der Waals surface area contributed by atoms with Crippen molar-refractivity contribution in [3.8, 4) is 22.5 Å². The third-order valence-corrected chi connectivity index (χ3v) is 11.7. The zero-order chi connectivity index (χ0) is 40.4. The van der Waals surface area contributed by atoms with Crippen molar-refractivity contribution in [2.24, 2.45) is 17.8 Å². The summed E-state index contributed by atoms with van der Waals surface area (Å²) in [6.45, 7) is 20.1. The molecule has 57 heavy (non-hydrogen) atoms. The number of amides is 3. The number of piperazine rings is 1. The monoisotopic (exact) mass is 782 g/mol. The molecule has 7 rings (SSSR count). The lowest BCUT2D eigenvalue weighted by molar-refractivity contribution is 0.0159. The molecule has 2 aromatic carbocycles. The van der Waals surface area contributed by atoms with Crippen molar-refractivity contribution in [2.45, 2.75) is 79.1 Å². The summed E-state index contributed by atoms with van der Waals surface area (Å²) in [5, 5.41) is 14.2. The fraction of sp³-hybridized carbons (Fsp3) is 0.545. The molecule has 3 saturated heterocycles. The largest absolute Gasteiger partial charge is 0.444 e. The molecule has 0 saturated carbocycles. The van der Waals surface area contributed by atoms with Gasteiger partial charge in [-0.15, -0.1) is 0 Å². The van der Waals surface area contributed by atoms with E-state index in [0.29, 0.717) is 46.5 Å². The fourth-order valence-electron chi connectivity index (χ4n) is 8.58. The summed E-state index contributed by atoms with van der Waals surface area (Å²) in [5.41, 5.74) is 5.53. The fourth-order valence-corrected chi connectivity index (χ4v) is 8.58. The number of benzene rings is 2. The van der Waals surface area contributed by atoms with E-state index in [1.165, 1.54) is 24.0 Å². The molecule has 13 heteroatoms. The lowest BCUT2D eigenvalue weighted by Gasteiger charge is -2.39. The summed E-state index contributed by atoms with van der Waals surface area (Å²) in [4.78, 5) is 46.8. The van der Waals surface area contributed by atoms with Crippen LogP contribution in [0.3, 0.4) is 0 Å². The van der Waals surface area contributed by atoms with Crippen LogP contribution in [-0.4, -0.2) is 122 Å². The van der Waals surface area contributed by atoms with Crippen molar-refractivity contribution < 1.29 is 23.8 Å². The van der Waals surface area contributed by atoms with E-state index in [0.717, 1.165) is 88.3 Å². The molecule has 2 aromatic heterocycles. The second kappa shape index (κ2) is 17.1. The van der Waals surface area contributed by atoms with E-state index in [2.05, 4.69) is 68.2 Å². The highest BCUT2D eigenvalue weighted by atomic mass is 19.1. The molecule has 0 bridgehead atoms. The van der Waals surface area contributed by atoms with Gasteiger partial charge >= 0.3 is 12.1 Å². The summed E-state index contributed by atoms with van der Waals surface area (Å²) in [6.07, 6.45) is 3.58. The number of fused-ring (bicyclic) bond motifs is 1. The van der Waals surface area contributed by atoms with Crippen LogP contribution in [0.15, 0.2) is 48.8 Å². The van der Waals surface area contributed by atoms with Crippen LogP contribution in [0.25, 0.3) is 33.5 Å². The highest BCUT2D eigenvalue weighted by Gasteiger charge is 2.35. The van der Waals surface area contributed by atoms with Crippen molar-refractivity contribution >= 4 is 28.8 Å². The number of aromatic nitrogens is 3. The van der Waals surface area contributed by atoms with Crippen molar-refractivity contribution in [2.75, 3.05) is 64.2 Å². The topological polar surface area (TPSA) is 130 Å². The van der Waals surface area contributed by atoms with Crippen LogP contribution in [0.5, 0.6) is 0 Å². The van der Waals surface area contributed by atoms with Gasteiger partial charge in [0.25, 0.3) is 0 Å². The van der Waals surface area contributed by atoms with Gasteiger partial charge in [0.15, 0.2) is 0 Å². The molecule has 3 amide bonds. The summed E-state index contributed by atoms with van der Waals surface area (Å²) in [6, 6.07) is 13.0. The number of urea groups is 1. The van der Waals surface area contributed by atoms with E-state index < -0.39 is 17.5 Å². The number of likely N-dealkylation sites (tertiary alicyclic amines) is 2. The van der Waals surface area contributed by atoms with E-state index in [1.54, 1.807) is 4.90 Å². The third kappa shape index (κ3) is 9.93. The molecular formula is C44H59FN8O4. The second-order valence-corrected chi connectivity index (χ2v) is 17.8. The van der Waals surface area contributed by atoms with Crippen LogP contribution >= 0.6 is 0 Å². The Balaban J connectivity index is 0.947. The number of carbonyl (C=O) groups is 2. The maximum absolute atomic E-state index is 15.2. The number of halogens is 1. The summed E-state index contributed by atoms with van der Waals surface area (Å²) in [5.74, 6) is 0.562. The molecule has 4 aromatic rings. The van der Waals surface area contributed by atoms with Gasteiger partial charge in [-0.3, -0.25) is 4.90 Å². The smallest absolute Gasteiger partial charge is 0.410 e. The Hall–Kier alpha value is -4.59. The number of nitrogens with one attached hydrogen (secondary N) is 2. The highest BCUT2D eigenvalue weighted by Crippen LogP contribution is 2.35. The number of anilines is 1. The van der Waals surface area contributed by atoms with Crippen LogP contribution in [0.1, 0.15) is 65.0 Å². The zero-order valence-corrected chi connectivity index (χ0v) is 34.4. The van der Waals surface area contributed by atoms with Gasteiger partial charge in [0.05, 0.1) is 11.8 Å². The number of piperidine rings is 1. The molecule has 0 radical (unpaired) electrons. The first-order chi connectivity index (χ1) is 27.2. The van der Waals surface area contributed by atoms with Crippen molar-refractivity contribution in [3.63, 3.8) is 0 Å². The molecular weight excluding hydrogens is 724 g/mol. The number of H-pyrrole nitrogens is 1. The maximum atomic E-state index is 15.2. The van der Waals surface area contributed by atoms with Crippen molar-refractivity contribution in [3.05, 3.63) is 65.7 Å². The van der Waals surface area contributed by atoms with Crippen LogP contribution in [0.4, 0.5) is 19.7 Å². The Labute approximate surface area is 335 Å². The van der Waals surface area contributed by atoms with Gasteiger partial charge in [-0.05, 0) is 93.7 Å². The van der Waals surface area contributed by atoms with Gasteiger partial charge < -0.3 is 34.8 Å². The van der Waals surface area contributed by atoms with E-state index in [-0.39, 0.29) is 24.6 Å². The highest BCUT2D eigenvalue weighted by molar-refractivity contribution is 5.97. The van der Waals surface area contributed by atoms with E-state index in [9.17, 15) is 14.7 Å². The van der Waals surface area contributed by atoms with Crippen LogP contribution < -0.4 is 5.32 Å². The SMILES string of the molecule is Cc1c(NC(=O)N2C[C@@H](CC(C)C)[C@H](O)C2)cc(F)cc1-c1ncnc2[nH]c(-c3ccc(CN4CCN(CC5CCN(C(=O)OC(C)(C)C)CC5)CC4)cc3)cc12. The molecule has 3 aliphatic heterocycles.